The highest BCUT2D eigenvalue weighted by Gasteiger charge is 2.14. The number of nitrogens with one attached hydrogen (secondary N) is 1. The van der Waals surface area contributed by atoms with Crippen LogP contribution in [-0.2, 0) is 10.3 Å². The van der Waals surface area contributed by atoms with Crippen LogP contribution in [0.2, 0.25) is 0 Å². The first kappa shape index (κ1) is 8.84. The maximum absolute atomic E-state index is 11.0. The van der Waals surface area contributed by atoms with E-state index in [9.17, 15) is 13.2 Å². The average molecular weight is 216 g/mol. The van der Waals surface area contributed by atoms with E-state index < -0.39 is 15.9 Å². The minimum absolute atomic E-state index is 0.118. The Bertz CT molecular complexity index is 639. The molecule has 0 aliphatic heterocycles. The third-order valence-electron chi connectivity index (χ3n) is 1.57. The van der Waals surface area contributed by atoms with Crippen LogP contribution in [0.25, 0.3) is 11.2 Å². The highest BCUT2D eigenvalue weighted by Crippen LogP contribution is 2.05. The molecular weight excluding hydrogens is 212 g/mol. The van der Waals surface area contributed by atoms with Gasteiger partial charge in [-0.2, -0.15) is 17.4 Å². The van der Waals surface area contributed by atoms with Crippen LogP contribution in [0.15, 0.2) is 17.4 Å². The van der Waals surface area contributed by atoms with Crippen LogP contribution in [0, 0.1) is 0 Å². The molecule has 2 rings (SSSR count). The van der Waals surface area contributed by atoms with E-state index in [-0.39, 0.29) is 11.2 Å². The molecule has 0 spiro atoms. The molecular formula is C5H4N4O4S. The first-order chi connectivity index (χ1) is 6.50. The number of H-pyrrole nitrogens is 1. The fraction of sp³-hybridized carbons (Fsp3) is 0. The Kier molecular flexibility index (Phi) is 1.66. The van der Waals surface area contributed by atoms with Crippen LogP contribution in [0.4, 0.5) is 0 Å². The molecule has 0 aliphatic carbocycles. The predicted molar refractivity (Wildman–Crippen MR) is 45.1 cm³/mol. The van der Waals surface area contributed by atoms with Crippen molar-refractivity contribution in [3.05, 3.63) is 23.0 Å². The maximum atomic E-state index is 11.0. The van der Waals surface area contributed by atoms with E-state index in [1.807, 2.05) is 0 Å². The van der Waals surface area contributed by atoms with Gasteiger partial charge in [0.15, 0.2) is 11.2 Å². The second kappa shape index (κ2) is 2.62. The lowest BCUT2D eigenvalue weighted by Gasteiger charge is -1.96. The van der Waals surface area contributed by atoms with Crippen LogP contribution in [-0.4, -0.2) is 31.9 Å². The zero-order valence-electron chi connectivity index (χ0n) is 6.58. The Labute approximate surface area is 77.1 Å². The largest absolute Gasteiger partial charge is 0.366 e. The van der Waals surface area contributed by atoms with Gasteiger partial charge < -0.3 is 4.98 Å². The fourth-order valence-electron chi connectivity index (χ4n) is 1.01. The number of rotatable bonds is 1. The van der Waals surface area contributed by atoms with E-state index in [0.29, 0.717) is 3.97 Å². The summed E-state index contributed by atoms with van der Waals surface area (Å²) in [7, 11) is -4.45. The fourth-order valence-corrected chi connectivity index (χ4v) is 1.55. The van der Waals surface area contributed by atoms with Crippen molar-refractivity contribution in [2.24, 2.45) is 0 Å². The van der Waals surface area contributed by atoms with E-state index in [1.165, 1.54) is 0 Å². The van der Waals surface area contributed by atoms with Gasteiger partial charge in [0.25, 0.3) is 0 Å². The van der Waals surface area contributed by atoms with Gasteiger partial charge in [0.05, 0.1) is 6.33 Å². The zero-order valence-corrected chi connectivity index (χ0v) is 7.39. The summed E-state index contributed by atoms with van der Waals surface area (Å²) in [5.74, 6) is 0. The van der Waals surface area contributed by atoms with Crippen molar-refractivity contribution in [1.82, 2.24) is 18.9 Å². The summed E-state index contributed by atoms with van der Waals surface area (Å²) < 4.78 is 30.7. The van der Waals surface area contributed by atoms with Crippen LogP contribution < -0.4 is 5.56 Å². The SMILES string of the molecule is O=c1nc[nH]c2c1ncn2S(=O)(=O)O. The van der Waals surface area contributed by atoms with Crippen molar-refractivity contribution in [1.29, 1.82) is 0 Å². The summed E-state index contributed by atoms with van der Waals surface area (Å²) in [6.45, 7) is 0. The van der Waals surface area contributed by atoms with Crippen LogP contribution in [0.5, 0.6) is 0 Å². The number of hydrogen-bond donors (Lipinski definition) is 2. The predicted octanol–water partition coefficient (Wildman–Crippen LogP) is -1.23. The molecule has 2 aromatic heterocycles. The van der Waals surface area contributed by atoms with Crippen molar-refractivity contribution in [2.75, 3.05) is 0 Å². The minimum atomic E-state index is -4.45. The third-order valence-corrected chi connectivity index (χ3v) is 2.34. The second-order valence-corrected chi connectivity index (χ2v) is 3.71. The van der Waals surface area contributed by atoms with Crippen molar-refractivity contribution >= 4 is 21.5 Å². The van der Waals surface area contributed by atoms with Crippen LogP contribution in [0.3, 0.4) is 0 Å². The van der Waals surface area contributed by atoms with E-state index in [0.717, 1.165) is 12.7 Å². The highest BCUT2D eigenvalue weighted by molar-refractivity contribution is 7.84. The highest BCUT2D eigenvalue weighted by atomic mass is 32.2. The lowest BCUT2D eigenvalue weighted by molar-refractivity contribution is 0.474. The molecule has 0 radical (unpaired) electrons. The number of hydrogen-bond acceptors (Lipinski definition) is 5. The van der Waals surface area contributed by atoms with E-state index in [1.54, 1.807) is 0 Å². The van der Waals surface area contributed by atoms with Crippen LogP contribution in [0.1, 0.15) is 0 Å². The quantitative estimate of drug-likeness (QED) is 0.576. The first-order valence-electron chi connectivity index (χ1n) is 3.39. The molecule has 9 heteroatoms. The number of aromatic amines is 1. The van der Waals surface area contributed by atoms with Gasteiger partial charge in [-0.3, -0.25) is 9.35 Å². The molecule has 0 aliphatic rings. The van der Waals surface area contributed by atoms with Gasteiger partial charge in [0.1, 0.15) is 6.33 Å². The standard InChI is InChI=1S/C5H4N4O4S/c10-5-3-4(6-1-7-5)9(2-8-3)14(11,12)13/h1-2H,(H,6,7,10)(H,11,12,13). The molecule has 0 saturated carbocycles. The Morgan fingerprint density at radius 1 is 1.43 bits per heavy atom. The summed E-state index contributed by atoms with van der Waals surface area (Å²) in [6.07, 6.45) is 1.84. The van der Waals surface area contributed by atoms with Crippen molar-refractivity contribution in [3.8, 4) is 0 Å². The summed E-state index contributed by atoms with van der Waals surface area (Å²) >= 11 is 0. The molecule has 0 bridgehead atoms. The second-order valence-electron chi connectivity index (χ2n) is 2.42. The molecule has 0 atom stereocenters. The van der Waals surface area contributed by atoms with Crippen molar-refractivity contribution in [3.63, 3.8) is 0 Å². The molecule has 0 unspecified atom stereocenters. The smallest absolute Gasteiger partial charge is 0.329 e. The summed E-state index contributed by atoms with van der Waals surface area (Å²) in [5.41, 5.74) is -0.932. The topological polar surface area (TPSA) is 118 Å². The van der Waals surface area contributed by atoms with Crippen LogP contribution >= 0.6 is 0 Å². The van der Waals surface area contributed by atoms with Gasteiger partial charge in [-0.05, 0) is 0 Å². The summed E-state index contributed by atoms with van der Waals surface area (Å²) in [6, 6.07) is 0. The van der Waals surface area contributed by atoms with E-state index in [2.05, 4.69) is 15.0 Å². The number of imidazole rings is 1. The molecule has 0 amide bonds. The Morgan fingerprint density at radius 2 is 2.14 bits per heavy atom. The summed E-state index contributed by atoms with van der Waals surface area (Å²) in [5, 5.41) is 0. The van der Waals surface area contributed by atoms with Gasteiger partial charge in [-0.15, -0.1) is 0 Å². The number of nitrogens with zero attached hydrogens (tertiary/aromatic N) is 3. The molecule has 0 saturated heterocycles. The normalized spacial score (nSPS) is 12.1. The molecule has 0 fully saturated rings. The van der Waals surface area contributed by atoms with Crippen molar-refractivity contribution in [2.45, 2.75) is 0 Å². The lowest BCUT2D eigenvalue weighted by atomic mass is 10.6. The molecule has 2 aromatic rings. The molecule has 14 heavy (non-hydrogen) atoms. The molecule has 8 nitrogen and oxygen atoms in total. The van der Waals surface area contributed by atoms with Gasteiger partial charge in [0.2, 0.25) is 0 Å². The van der Waals surface area contributed by atoms with Gasteiger partial charge >= 0.3 is 15.9 Å². The molecule has 0 aromatic carbocycles. The monoisotopic (exact) mass is 216 g/mol. The third kappa shape index (κ3) is 1.18. The maximum Gasteiger partial charge on any atom is 0.366 e. The number of aromatic nitrogens is 4. The zero-order chi connectivity index (χ0) is 10.3. The van der Waals surface area contributed by atoms with E-state index >= 15 is 0 Å². The molecule has 74 valence electrons. The average Bonchev–Trinajstić information content (AvgIpc) is 2.47. The molecule has 2 N–H and O–H groups in total. The lowest BCUT2D eigenvalue weighted by Crippen LogP contribution is -2.12. The Hall–Kier alpha value is -1.74. The minimum Gasteiger partial charge on any atom is -0.329 e. The molecule has 2 heterocycles. The van der Waals surface area contributed by atoms with E-state index in [4.69, 9.17) is 4.55 Å². The first-order valence-corrected chi connectivity index (χ1v) is 4.78. The Morgan fingerprint density at radius 3 is 2.79 bits per heavy atom. The Balaban J connectivity index is 2.97. The van der Waals surface area contributed by atoms with Crippen molar-refractivity contribution < 1.29 is 13.0 Å². The van der Waals surface area contributed by atoms with Gasteiger partial charge in [0, 0.05) is 0 Å². The van der Waals surface area contributed by atoms with Gasteiger partial charge in [-0.1, -0.05) is 0 Å². The summed E-state index contributed by atoms with van der Waals surface area (Å²) in [4.78, 5) is 20.3. The van der Waals surface area contributed by atoms with Gasteiger partial charge in [-0.25, -0.2) is 4.98 Å². The number of fused-ring (bicyclic) bond motifs is 1.